The molecule has 1 aromatic carbocycles. The number of halogens is 2. The highest BCUT2D eigenvalue weighted by Gasteiger charge is 2.45. The Bertz CT molecular complexity index is 503. The fourth-order valence-corrected chi connectivity index (χ4v) is 3.63. The summed E-state index contributed by atoms with van der Waals surface area (Å²) in [7, 11) is 0. The molecule has 0 radical (unpaired) electrons. The quantitative estimate of drug-likeness (QED) is 0.905. The Hall–Kier alpha value is -0.450. The van der Waals surface area contributed by atoms with E-state index in [4.69, 9.17) is 0 Å². The molecule has 0 bridgehead atoms. The van der Waals surface area contributed by atoms with E-state index in [-0.39, 0.29) is 11.4 Å². The molecule has 0 spiro atoms. The second-order valence-electron chi connectivity index (χ2n) is 6.54. The average molecular weight is 341 g/mol. The Morgan fingerprint density at radius 1 is 1.45 bits per heavy atom. The van der Waals surface area contributed by atoms with Crippen molar-refractivity contribution in [3.63, 3.8) is 0 Å². The average Bonchev–Trinajstić information content (AvgIpc) is 3.24. The molecule has 1 saturated heterocycles. The lowest BCUT2D eigenvalue weighted by Gasteiger charge is -2.45. The smallest absolute Gasteiger partial charge is 0.137 e. The molecule has 2 nitrogen and oxygen atoms in total. The Kier molecular flexibility index (Phi) is 3.91. The second-order valence-corrected chi connectivity index (χ2v) is 7.33. The zero-order valence-corrected chi connectivity index (χ0v) is 13.7. The first kappa shape index (κ1) is 14.5. The van der Waals surface area contributed by atoms with Gasteiger partial charge in [0.15, 0.2) is 0 Å². The van der Waals surface area contributed by atoms with Crippen LogP contribution in [0.2, 0.25) is 0 Å². The van der Waals surface area contributed by atoms with Crippen LogP contribution < -0.4 is 5.32 Å². The summed E-state index contributed by atoms with van der Waals surface area (Å²) < 4.78 is 14.3. The van der Waals surface area contributed by atoms with Gasteiger partial charge in [0.1, 0.15) is 5.82 Å². The third kappa shape index (κ3) is 2.78. The van der Waals surface area contributed by atoms with Gasteiger partial charge in [0.25, 0.3) is 0 Å². The van der Waals surface area contributed by atoms with Gasteiger partial charge in [-0.25, -0.2) is 4.39 Å². The largest absolute Gasteiger partial charge is 0.308 e. The predicted molar refractivity (Wildman–Crippen MR) is 83.1 cm³/mol. The fraction of sp³-hybridized carbons (Fsp3) is 0.625. The number of rotatable bonds is 3. The van der Waals surface area contributed by atoms with Gasteiger partial charge in [-0.2, -0.15) is 0 Å². The first-order valence-electron chi connectivity index (χ1n) is 7.41. The Balaban J connectivity index is 1.76. The summed E-state index contributed by atoms with van der Waals surface area (Å²) in [5.41, 5.74) is 1.27. The Labute approximate surface area is 128 Å². The van der Waals surface area contributed by atoms with E-state index in [2.05, 4.69) is 40.0 Å². The van der Waals surface area contributed by atoms with E-state index >= 15 is 0 Å². The fourth-order valence-electron chi connectivity index (χ4n) is 3.24. The van der Waals surface area contributed by atoms with Gasteiger partial charge in [-0.15, -0.1) is 0 Å². The first-order valence-corrected chi connectivity index (χ1v) is 8.21. The van der Waals surface area contributed by atoms with Gasteiger partial charge in [0.2, 0.25) is 0 Å². The van der Waals surface area contributed by atoms with Gasteiger partial charge >= 0.3 is 0 Å². The molecule has 1 aliphatic carbocycles. The third-order valence-electron chi connectivity index (χ3n) is 4.84. The number of piperazine rings is 1. The molecule has 1 N–H and O–H groups in total. The van der Waals surface area contributed by atoms with Crippen LogP contribution in [0.4, 0.5) is 4.39 Å². The molecule has 1 aromatic rings. The minimum Gasteiger partial charge on any atom is -0.308 e. The lowest BCUT2D eigenvalue weighted by atomic mass is 9.91. The van der Waals surface area contributed by atoms with Crippen LogP contribution >= 0.6 is 15.9 Å². The molecule has 20 heavy (non-hydrogen) atoms. The maximum atomic E-state index is 13.6. The Morgan fingerprint density at radius 2 is 2.20 bits per heavy atom. The van der Waals surface area contributed by atoms with Crippen LogP contribution in [0.5, 0.6) is 0 Å². The van der Waals surface area contributed by atoms with Crippen LogP contribution in [0.25, 0.3) is 0 Å². The molecule has 110 valence electrons. The molecule has 2 aliphatic rings. The van der Waals surface area contributed by atoms with E-state index < -0.39 is 0 Å². The summed E-state index contributed by atoms with van der Waals surface area (Å²) >= 11 is 3.38. The minimum absolute atomic E-state index is 0.171. The number of nitrogens with one attached hydrogen (secondary N) is 1. The molecule has 1 saturated carbocycles. The maximum Gasteiger partial charge on any atom is 0.137 e. The molecule has 2 unspecified atom stereocenters. The van der Waals surface area contributed by atoms with Crippen LogP contribution in [0, 0.1) is 11.7 Å². The van der Waals surface area contributed by atoms with Crippen molar-refractivity contribution in [1.82, 2.24) is 10.2 Å². The van der Waals surface area contributed by atoms with Gasteiger partial charge in [0, 0.05) is 31.2 Å². The number of benzene rings is 1. The monoisotopic (exact) mass is 340 g/mol. The molecule has 2 atom stereocenters. The van der Waals surface area contributed by atoms with E-state index in [1.54, 1.807) is 6.07 Å². The summed E-state index contributed by atoms with van der Waals surface area (Å²) in [6.45, 7) is 7.45. The highest BCUT2D eigenvalue weighted by Crippen LogP contribution is 2.41. The molecule has 2 fully saturated rings. The highest BCUT2D eigenvalue weighted by molar-refractivity contribution is 9.10. The molecular weight excluding hydrogens is 319 g/mol. The van der Waals surface area contributed by atoms with E-state index in [0.717, 1.165) is 31.1 Å². The van der Waals surface area contributed by atoms with Crippen LogP contribution in [0.15, 0.2) is 22.7 Å². The first-order chi connectivity index (χ1) is 9.49. The van der Waals surface area contributed by atoms with Gasteiger partial charge in [0.05, 0.1) is 4.47 Å². The predicted octanol–water partition coefficient (Wildman–Crippen LogP) is 3.55. The van der Waals surface area contributed by atoms with Crippen molar-refractivity contribution in [3.8, 4) is 0 Å². The SMILES string of the molecule is CC1CNC(C)(C2CC2)CN1Cc1cccc(F)c1Br. The maximum absolute atomic E-state index is 13.6. The van der Waals surface area contributed by atoms with Crippen molar-refractivity contribution < 1.29 is 4.39 Å². The number of hydrogen-bond donors (Lipinski definition) is 1. The van der Waals surface area contributed by atoms with Crippen molar-refractivity contribution in [2.45, 2.75) is 44.8 Å². The molecule has 1 aliphatic heterocycles. The van der Waals surface area contributed by atoms with E-state index in [9.17, 15) is 4.39 Å². The summed E-state index contributed by atoms with van der Waals surface area (Å²) in [5.74, 6) is 0.642. The van der Waals surface area contributed by atoms with Crippen LogP contribution in [-0.2, 0) is 6.54 Å². The van der Waals surface area contributed by atoms with E-state index in [1.165, 1.54) is 18.9 Å². The van der Waals surface area contributed by atoms with Gasteiger partial charge in [-0.1, -0.05) is 12.1 Å². The van der Waals surface area contributed by atoms with Crippen LogP contribution in [0.1, 0.15) is 32.3 Å². The van der Waals surface area contributed by atoms with Crippen molar-refractivity contribution in [2.75, 3.05) is 13.1 Å². The third-order valence-corrected chi connectivity index (χ3v) is 5.73. The van der Waals surface area contributed by atoms with Crippen LogP contribution in [0.3, 0.4) is 0 Å². The molecule has 1 heterocycles. The van der Waals surface area contributed by atoms with Crippen LogP contribution in [-0.4, -0.2) is 29.6 Å². The van der Waals surface area contributed by atoms with Crippen molar-refractivity contribution >= 4 is 15.9 Å². The zero-order chi connectivity index (χ0) is 14.3. The normalized spacial score (nSPS) is 31.5. The number of hydrogen-bond acceptors (Lipinski definition) is 2. The summed E-state index contributed by atoms with van der Waals surface area (Å²) in [6, 6.07) is 5.79. The van der Waals surface area contributed by atoms with Crippen molar-refractivity contribution in [1.29, 1.82) is 0 Å². The molecule has 0 aromatic heterocycles. The summed E-state index contributed by atoms with van der Waals surface area (Å²) in [6.07, 6.45) is 2.69. The van der Waals surface area contributed by atoms with Gasteiger partial charge in [-0.3, -0.25) is 4.90 Å². The number of nitrogens with zero attached hydrogens (tertiary/aromatic N) is 1. The molecular formula is C16H22BrFN2. The Morgan fingerprint density at radius 3 is 2.90 bits per heavy atom. The summed E-state index contributed by atoms with van der Waals surface area (Å²) in [4.78, 5) is 2.48. The standard InChI is InChI=1S/C16H22BrFN2/c1-11-8-19-16(2,13-6-7-13)10-20(11)9-12-4-3-5-14(18)15(12)17/h3-5,11,13,19H,6-10H2,1-2H3. The molecule has 4 heteroatoms. The van der Waals surface area contributed by atoms with E-state index in [0.29, 0.717) is 10.5 Å². The topological polar surface area (TPSA) is 15.3 Å². The van der Waals surface area contributed by atoms with Gasteiger partial charge in [-0.05, 0) is 60.2 Å². The zero-order valence-electron chi connectivity index (χ0n) is 12.1. The minimum atomic E-state index is -0.171. The van der Waals surface area contributed by atoms with Crippen molar-refractivity contribution in [3.05, 3.63) is 34.1 Å². The lowest BCUT2D eigenvalue weighted by Crippen LogP contribution is -2.62. The van der Waals surface area contributed by atoms with E-state index in [1.807, 2.05) is 6.07 Å². The second kappa shape index (κ2) is 5.39. The summed E-state index contributed by atoms with van der Waals surface area (Å²) in [5, 5.41) is 3.72. The lowest BCUT2D eigenvalue weighted by molar-refractivity contribution is 0.0768. The van der Waals surface area contributed by atoms with Crippen molar-refractivity contribution in [2.24, 2.45) is 5.92 Å². The molecule has 3 rings (SSSR count). The highest BCUT2D eigenvalue weighted by atomic mass is 79.9. The van der Waals surface area contributed by atoms with Gasteiger partial charge < -0.3 is 5.32 Å². The molecule has 0 amide bonds.